The Kier molecular flexibility index (Phi) is 6.74. The lowest BCUT2D eigenvalue weighted by Crippen LogP contribution is -2.10. The summed E-state index contributed by atoms with van der Waals surface area (Å²) in [5.41, 5.74) is 7.46. The minimum absolute atomic E-state index is 0.380. The van der Waals surface area contributed by atoms with Gasteiger partial charge in [0.05, 0.1) is 12.7 Å². The number of anilines is 2. The Bertz CT molecular complexity index is 408. The topological polar surface area (TPSA) is 73.6 Å². The van der Waals surface area contributed by atoms with E-state index in [0.717, 1.165) is 38.1 Å². The van der Waals surface area contributed by atoms with Crippen molar-refractivity contribution in [2.24, 2.45) is 0 Å². The monoisotopic (exact) mass is 266 g/mol. The number of carbonyl (C=O) groups excluding carboxylic acids is 1. The molecule has 0 heterocycles. The lowest BCUT2D eigenvalue weighted by molar-refractivity contribution is 0.0602. The van der Waals surface area contributed by atoms with Crippen LogP contribution in [0.25, 0.3) is 0 Å². The predicted molar refractivity (Wildman–Crippen MR) is 76.4 cm³/mol. The van der Waals surface area contributed by atoms with Gasteiger partial charge in [0, 0.05) is 31.6 Å². The molecule has 19 heavy (non-hydrogen) atoms. The van der Waals surface area contributed by atoms with Crippen molar-refractivity contribution in [1.82, 2.24) is 0 Å². The second-order valence-electron chi connectivity index (χ2n) is 4.28. The molecule has 1 aromatic rings. The highest BCUT2D eigenvalue weighted by Gasteiger charge is 2.11. The Balaban J connectivity index is 2.50. The number of hydrogen-bond acceptors (Lipinski definition) is 5. The summed E-state index contributed by atoms with van der Waals surface area (Å²) in [4.78, 5) is 11.6. The second kappa shape index (κ2) is 8.37. The molecule has 0 saturated heterocycles. The zero-order valence-corrected chi connectivity index (χ0v) is 11.6. The first-order valence-electron chi connectivity index (χ1n) is 6.39. The van der Waals surface area contributed by atoms with E-state index in [1.165, 1.54) is 7.11 Å². The Labute approximate surface area is 114 Å². The van der Waals surface area contributed by atoms with E-state index in [1.807, 2.05) is 0 Å². The Morgan fingerprint density at radius 1 is 1.26 bits per heavy atom. The van der Waals surface area contributed by atoms with Crippen molar-refractivity contribution < 1.29 is 14.3 Å². The molecule has 0 amide bonds. The molecule has 0 atom stereocenters. The van der Waals surface area contributed by atoms with E-state index >= 15 is 0 Å². The first kappa shape index (κ1) is 15.3. The first-order chi connectivity index (χ1) is 9.19. The van der Waals surface area contributed by atoms with E-state index in [4.69, 9.17) is 15.2 Å². The van der Waals surface area contributed by atoms with Gasteiger partial charge in [0.25, 0.3) is 0 Å². The van der Waals surface area contributed by atoms with Gasteiger partial charge in [-0.15, -0.1) is 0 Å². The van der Waals surface area contributed by atoms with Gasteiger partial charge in [-0.1, -0.05) is 0 Å². The lowest BCUT2D eigenvalue weighted by atomic mass is 10.1. The molecule has 0 fully saturated rings. The summed E-state index contributed by atoms with van der Waals surface area (Å²) >= 11 is 0. The zero-order valence-electron chi connectivity index (χ0n) is 11.6. The molecule has 0 unspecified atom stereocenters. The third kappa shape index (κ3) is 5.18. The summed E-state index contributed by atoms with van der Waals surface area (Å²) in [5.74, 6) is -0.380. The van der Waals surface area contributed by atoms with E-state index < -0.39 is 0 Å². The molecule has 0 aliphatic heterocycles. The number of nitrogen functional groups attached to an aromatic ring is 1. The average molecular weight is 266 g/mol. The number of benzene rings is 1. The first-order valence-corrected chi connectivity index (χ1v) is 6.39. The van der Waals surface area contributed by atoms with Crippen molar-refractivity contribution in [3.63, 3.8) is 0 Å². The van der Waals surface area contributed by atoms with Crippen molar-refractivity contribution >= 4 is 17.3 Å². The number of nitrogens with one attached hydrogen (secondary N) is 1. The van der Waals surface area contributed by atoms with Gasteiger partial charge >= 0.3 is 5.97 Å². The van der Waals surface area contributed by atoms with Crippen LogP contribution < -0.4 is 11.1 Å². The van der Waals surface area contributed by atoms with Crippen LogP contribution in [0.4, 0.5) is 11.4 Å². The number of ether oxygens (including phenoxy) is 2. The highest BCUT2D eigenvalue weighted by Crippen LogP contribution is 2.20. The zero-order chi connectivity index (χ0) is 14.1. The second-order valence-corrected chi connectivity index (χ2v) is 4.28. The van der Waals surface area contributed by atoms with Gasteiger partial charge in [-0.3, -0.25) is 0 Å². The van der Waals surface area contributed by atoms with E-state index in [9.17, 15) is 4.79 Å². The molecule has 0 saturated carbocycles. The normalized spacial score (nSPS) is 10.2. The quantitative estimate of drug-likeness (QED) is 0.429. The molecular weight excluding hydrogens is 244 g/mol. The summed E-state index contributed by atoms with van der Waals surface area (Å²) in [7, 11) is 3.06. The van der Waals surface area contributed by atoms with Gasteiger partial charge < -0.3 is 20.5 Å². The average Bonchev–Trinajstić information content (AvgIpc) is 2.43. The Hall–Kier alpha value is -1.75. The standard InChI is InChI=1S/C14H22N2O3/c1-18-9-5-3-4-8-16-13-7-6-11(15)10-12(13)14(17)19-2/h6-7,10,16H,3-5,8-9,15H2,1-2H3. The molecular formula is C14H22N2O3. The number of esters is 1. The predicted octanol–water partition coefficient (Wildman–Crippen LogP) is 2.28. The van der Waals surface area contributed by atoms with Gasteiger partial charge in [0.15, 0.2) is 0 Å². The van der Waals surface area contributed by atoms with Gasteiger partial charge in [-0.25, -0.2) is 4.79 Å². The number of hydrogen-bond donors (Lipinski definition) is 2. The van der Waals surface area contributed by atoms with E-state index in [2.05, 4.69) is 5.32 Å². The maximum atomic E-state index is 11.6. The lowest BCUT2D eigenvalue weighted by Gasteiger charge is -2.11. The minimum Gasteiger partial charge on any atom is -0.465 e. The van der Waals surface area contributed by atoms with Crippen LogP contribution in [0.15, 0.2) is 18.2 Å². The van der Waals surface area contributed by atoms with Crippen molar-refractivity contribution in [1.29, 1.82) is 0 Å². The summed E-state index contributed by atoms with van der Waals surface area (Å²) in [5, 5.41) is 3.24. The van der Waals surface area contributed by atoms with Crippen molar-refractivity contribution in [3.8, 4) is 0 Å². The molecule has 0 aliphatic carbocycles. The molecule has 0 aliphatic rings. The van der Waals surface area contributed by atoms with Crippen LogP contribution in [0.2, 0.25) is 0 Å². The fourth-order valence-electron chi connectivity index (χ4n) is 1.77. The van der Waals surface area contributed by atoms with Gasteiger partial charge in [-0.05, 0) is 37.5 Å². The molecule has 5 heteroatoms. The fraction of sp³-hybridized carbons (Fsp3) is 0.500. The number of nitrogens with two attached hydrogens (primary N) is 1. The van der Waals surface area contributed by atoms with Crippen LogP contribution in [0.3, 0.4) is 0 Å². The Morgan fingerprint density at radius 3 is 2.74 bits per heavy atom. The van der Waals surface area contributed by atoms with Crippen LogP contribution in [-0.4, -0.2) is 33.3 Å². The van der Waals surface area contributed by atoms with Crippen LogP contribution in [0.1, 0.15) is 29.6 Å². The molecule has 5 nitrogen and oxygen atoms in total. The van der Waals surface area contributed by atoms with Crippen LogP contribution in [0.5, 0.6) is 0 Å². The molecule has 1 aromatic carbocycles. The molecule has 106 valence electrons. The molecule has 1 rings (SSSR count). The number of carbonyl (C=O) groups is 1. The number of methoxy groups -OCH3 is 2. The van der Waals surface area contributed by atoms with Crippen molar-refractivity contribution in [2.75, 3.05) is 38.4 Å². The molecule has 3 N–H and O–H groups in total. The molecule has 0 aromatic heterocycles. The van der Waals surface area contributed by atoms with Gasteiger partial charge in [-0.2, -0.15) is 0 Å². The van der Waals surface area contributed by atoms with Gasteiger partial charge in [0.2, 0.25) is 0 Å². The fourth-order valence-corrected chi connectivity index (χ4v) is 1.77. The third-order valence-electron chi connectivity index (χ3n) is 2.79. The van der Waals surface area contributed by atoms with Crippen molar-refractivity contribution in [3.05, 3.63) is 23.8 Å². The summed E-state index contributed by atoms with van der Waals surface area (Å²) in [6.45, 7) is 1.59. The highest BCUT2D eigenvalue weighted by molar-refractivity contribution is 5.96. The maximum Gasteiger partial charge on any atom is 0.340 e. The van der Waals surface area contributed by atoms with Crippen LogP contribution >= 0.6 is 0 Å². The summed E-state index contributed by atoms with van der Waals surface area (Å²) in [6.07, 6.45) is 3.15. The van der Waals surface area contributed by atoms with Crippen LogP contribution in [-0.2, 0) is 9.47 Å². The molecule has 0 bridgehead atoms. The van der Waals surface area contributed by atoms with E-state index in [0.29, 0.717) is 11.3 Å². The number of rotatable bonds is 8. The largest absolute Gasteiger partial charge is 0.465 e. The maximum absolute atomic E-state index is 11.6. The third-order valence-corrected chi connectivity index (χ3v) is 2.79. The highest BCUT2D eigenvalue weighted by atomic mass is 16.5. The molecule has 0 spiro atoms. The van der Waals surface area contributed by atoms with Crippen LogP contribution in [0, 0.1) is 0 Å². The number of unbranched alkanes of at least 4 members (excludes halogenated alkanes) is 2. The van der Waals surface area contributed by atoms with Gasteiger partial charge in [0.1, 0.15) is 0 Å². The van der Waals surface area contributed by atoms with Crippen molar-refractivity contribution in [2.45, 2.75) is 19.3 Å². The summed E-state index contributed by atoms with van der Waals surface area (Å²) in [6, 6.07) is 5.19. The summed E-state index contributed by atoms with van der Waals surface area (Å²) < 4.78 is 9.73. The SMILES string of the molecule is COCCCCCNc1ccc(N)cc1C(=O)OC. The molecule has 0 radical (unpaired) electrons. The smallest absolute Gasteiger partial charge is 0.340 e. The minimum atomic E-state index is -0.380. The van der Waals surface area contributed by atoms with E-state index in [-0.39, 0.29) is 5.97 Å². The Morgan fingerprint density at radius 2 is 2.05 bits per heavy atom. The van der Waals surface area contributed by atoms with E-state index in [1.54, 1.807) is 25.3 Å².